The van der Waals surface area contributed by atoms with Crippen LogP contribution in [0.4, 0.5) is 10.1 Å². The number of rotatable bonds is 6. The van der Waals surface area contributed by atoms with Crippen molar-refractivity contribution >= 4 is 39.1 Å². The number of carbonyl (C=O) groups excluding carboxylic acids is 2. The molecule has 2 aromatic carbocycles. The molecular formula is C23H20FN3O3S. The molecule has 158 valence electrons. The van der Waals surface area contributed by atoms with Crippen molar-refractivity contribution in [2.45, 2.75) is 20.3 Å². The maximum absolute atomic E-state index is 13.2. The van der Waals surface area contributed by atoms with E-state index in [0.29, 0.717) is 16.3 Å². The number of nitrogens with zero attached hydrogens (tertiary/aromatic N) is 2. The first kappa shape index (κ1) is 20.7. The summed E-state index contributed by atoms with van der Waals surface area (Å²) in [6.45, 7) is 3.46. The van der Waals surface area contributed by atoms with E-state index < -0.39 is 11.9 Å². The molecule has 1 amide bonds. The highest BCUT2D eigenvalue weighted by molar-refractivity contribution is 7.20. The molecule has 6 nitrogen and oxygen atoms in total. The van der Waals surface area contributed by atoms with Gasteiger partial charge in [-0.05, 0) is 55.3 Å². The Balaban J connectivity index is 1.47. The molecule has 0 aliphatic heterocycles. The van der Waals surface area contributed by atoms with Crippen molar-refractivity contribution in [1.29, 1.82) is 0 Å². The van der Waals surface area contributed by atoms with Gasteiger partial charge in [0, 0.05) is 11.1 Å². The predicted octanol–water partition coefficient (Wildman–Crippen LogP) is 4.89. The zero-order valence-corrected chi connectivity index (χ0v) is 17.8. The van der Waals surface area contributed by atoms with Gasteiger partial charge < -0.3 is 10.1 Å². The minimum absolute atomic E-state index is 0.334. The molecule has 4 rings (SSSR count). The van der Waals surface area contributed by atoms with Gasteiger partial charge >= 0.3 is 5.97 Å². The number of fused-ring (bicyclic) bond motifs is 1. The first-order valence-corrected chi connectivity index (χ1v) is 10.6. The highest BCUT2D eigenvalue weighted by Gasteiger charge is 2.19. The molecule has 0 unspecified atom stereocenters. The normalized spacial score (nSPS) is 10.9. The van der Waals surface area contributed by atoms with Gasteiger partial charge in [-0.1, -0.05) is 25.1 Å². The Hall–Kier alpha value is -3.52. The first-order valence-electron chi connectivity index (χ1n) is 9.76. The minimum Gasteiger partial charge on any atom is -0.451 e. The fraction of sp³-hybridized carbons (Fsp3) is 0.174. The van der Waals surface area contributed by atoms with Crippen molar-refractivity contribution in [2.75, 3.05) is 11.9 Å². The average molecular weight is 437 g/mol. The van der Waals surface area contributed by atoms with Crippen molar-refractivity contribution < 1.29 is 18.7 Å². The van der Waals surface area contributed by atoms with Crippen molar-refractivity contribution in [1.82, 2.24) is 9.78 Å². The number of hydrogen-bond donors (Lipinski definition) is 1. The number of ether oxygens (including phenoxy) is 1. The number of hydrogen-bond acceptors (Lipinski definition) is 5. The molecule has 31 heavy (non-hydrogen) atoms. The quantitative estimate of drug-likeness (QED) is 0.436. The summed E-state index contributed by atoms with van der Waals surface area (Å²) < 4.78 is 20.1. The van der Waals surface area contributed by atoms with E-state index >= 15 is 0 Å². The Morgan fingerprint density at radius 3 is 2.65 bits per heavy atom. The molecule has 0 spiro atoms. The van der Waals surface area contributed by atoms with Gasteiger partial charge in [-0.2, -0.15) is 5.10 Å². The van der Waals surface area contributed by atoms with Crippen molar-refractivity contribution in [3.8, 4) is 5.69 Å². The van der Waals surface area contributed by atoms with Crippen molar-refractivity contribution in [3.05, 3.63) is 76.5 Å². The fourth-order valence-electron chi connectivity index (χ4n) is 3.24. The van der Waals surface area contributed by atoms with Gasteiger partial charge in [-0.15, -0.1) is 11.3 Å². The highest BCUT2D eigenvalue weighted by Crippen LogP contribution is 2.31. The van der Waals surface area contributed by atoms with Gasteiger partial charge in [0.15, 0.2) is 6.61 Å². The maximum atomic E-state index is 13.2. The van der Waals surface area contributed by atoms with Crippen LogP contribution in [0, 0.1) is 12.7 Å². The lowest BCUT2D eigenvalue weighted by Gasteiger charge is -2.09. The van der Waals surface area contributed by atoms with Crippen molar-refractivity contribution in [2.24, 2.45) is 0 Å². The molecular weight excluding hydrogens is 417 g/mol. The lowest BCUT2D eigenvalue weighted by atomic mass is 10.1. The largest absolute Gasteiger partial charge is 0.451 e. The smallest absolute Gasteiger partial charge is 0.348 e. The van der Waals surface area contributed by atoms with E-state index in [1.807, 2.05) is 38.1 Å². The number of halogens is 1. The molecule has 0 fully saturated rings. The van der Waals surface area contributed by atoms with Gasteiger partial charge in [0.05, 0.1) is 11.4 Å². The van der Waals surface area contributed by atoms with E-state index in [1.54, 1.807) is 22.9 Å². The molecule has 2 aromatic heterocycles. The van der Waals surface area contributed by atoms with Crippen molar-refractivity contribution in [3.63, 3.8) is 0 Å². The number of thiophene rings is 1. The summed E-state index contributed by atoms with van der Waals surface area (Å²) in [6, 6.07) is 15.2. The average Bonchev–Trinajstić information content (AvgIpc) is 3.34. The summed E-state index contributed by atoms with van der Waals surface area (Å²) >= 11 is 1.21. The Morgan fingerprint density at radius 1 is 1.16 bits per heavy atom. The van der Waals surface area contributed by atoms with Crippen LogP contribution in [0.1, 0.15) is 27.9 Å². The third-order valence-corrected chi connectivity index (χ3v) is 5.91. The van der Waals surface area contributed by atoms with E-state index in [1.165, 1.54) is 23.5 Å². The van der Waals surface area contributed by atoms with E-state index in [4.69, 9.17) is 4.74 Å². The molecule has 0 saturated heterocycles. The number of anilines is 1. The number of carbonyl (C=O) groups is 2. The summed E-state index contributed by atoms with van der Waals surface area (Å²) in [4.78, 5) is 25.9. The first-order chi connectivity index (χ1) is 15.0. The molecule has 8 heteroatoms. The van der Waals surface area contributed by atoms with E-state index in [0.717, 1.165) is 27.9 Å². The molecule has 0 saturated carbocycles. The predicted molar refractivity (Wildman–Crippen MR) is 118 cm³/mol. The third-order valence-electron chi connectivity index (χ3n) is 4.82. The van der Waals surface area contributed by atoms with Gasteiger partial charge in [0.2, 0.25) is 0 Å². The standard InChI is InChI=1S/C23H20FN3O3S/c1-3-15-6-4-5-7-19(15)25-21(28)13-30-23(29)20-12-18-14(2)26-27(22(18)31-20)17-10-8-16(24)9-11-17/h4-12H,3,13H2,1-2H3,(H,25,28). The third kappa shape index (κ3) is 4.34. The summed E-state index contributed by atoms with van der Waals surface area (Å²) in [5, 5.41) is 8.06. The summed E-state index contributed by atoms with van der Waals surface area (Å²) in [6.07, 6.45) is 0.780. The van der Waals surface area contributed by atoms with E-state index in [9.17, 15) is 14.0 Å². The van der Waals surface area contributed by atoms with Crippen LogP contribution < -0.4 is 5.32 Å². The zero-order valence-electron chi connectivity index (χ0n) is 17.0. The van der Waals surface area contributed by atoms with Gasteiger partial charge in [0.1, 0.15) is 15.5 Å². The van der Waals surface area contributed by atoms with Gasteiger partial charge in [0.25, 0.3) is 5.91 Å². The molecule has 0 bridgehead atoms. The van der Waals surface area contributed by atoms with Gasteiger partial charge in [-0.3, -0.25) is 4.79 Å². The number of para-hydroxylation sites is 1. The molecule has 0 atom stereocenters. The zero-order chi connectivity index (χ0) is 22.0. The summed E-state index contributed by atoms with van der Waals surface area (Å²) in [7, 11) is 0. The highest BCUT2D eigenvalue weighted by atomic mass is 32.1. The van der Waals surface area contributed by atoms with Crippen LogP contribution in [-0.4, -0.2) is 28.3 Å². The molecule has 0 aliphatic rings. The van der Waals surface area contributed by atoms with Crippen LogP contribution in [0.5, 0.6) is 0 Å². The summed E-state index contributed by atoms with van der Waals surface area (Å²) in [5.74, 6) is -1.31. The summed E-state index contributed by atoms with van der Waals surface area (Å²) in [5.41, 5.74) is 3.15. The minimum atomic E-state index is -0.579. The van der Waals surface area contributed by atoms with Crippen LogP contribution in [0.3, 0.4) is 0 Å². The number of benzene rings is 2. The SMILES string of the molecule is CCc1ccccc1NC(=O)COC(=O)c1cc2c(C)nn(-c3ccc(F)cc3)c2s1. The van der Waals surface area contributed by atoms with Crippen LogP contribution in [0.2, 0.25) is 0 Å². The molecule has 2 heterocycles. The fourth-order valence-corrected chi connectivity index (χ4v) is 4.32. The molecule has 1 N–H and O–H groups in total. The second-order valence-corrected chi connectivity index (χ2v) is 7.97. The van der Waals surface area contributed by atoms with Gasteiger partial charge in [-0.25, -0.2) is 13.9 Å². The van der Waals surface area contributed by atoms with Crippen LogP contribution in [0.15, 0.2) is 54.6 Å². The second kappa shape index (κ2) is 8.69. The molecule has 4 aromatic rings. The topological polar surface area (TPSA) is 73.2 Å². The lowest BCUT2D eigenvalue weighted by Crippen LogP contribution is -2.21. The van der Waals surface area contributed by atoms with E-state index in [-0.39, 0.29) is 12.4 Å². The Kier molecular flexibility index (Phi) is 5.81. The van der Waals surface area contributed by atoms with Crippen LogP contribution in [0.25, 0.3) is 15.9 Å². The Bertz CT molecular complexity index is 1260. The lowest BCUT2D eigenvalue weighted by molar-refractivity contribution is -0.119. The number of amides is 1. The number of aryl methyl sites for hydroxylation is 2. The number of esters is 1. The molecule has 0 aliphatic carbocycles. The number of nitrogens with one attached hydrogen (secondary N) is 1. The van der Waals surface area contributed by atoms with E-state index in [2.05, 4.69) is 10.4 Å². The Morgan fingerprint density at radius 2 is 1.90 bits per heavy atom. The molecule has 0 radical (unpaired) electrons. The second-order valence-electron chi connectivity index (χ2n) is 6.94. The maximum Gasteiger partial charge on any atom is 0.348 e. The van der Waals surface area contributed by atoms with Crippen LogP contribution >= 0.6 is 11.3 Å². The Labute approximate surface area is 182 Å². The monoisotopic (exact) mass is 437 g/mol. The van der Waals surface area contributed by atoms with Crippen LogP contribution in [-0.2, 0) is 16.0 Å². The number of aromatic nitrogens is 2.